The molecule has 0 aliphatic rings. The number of hydrogen-bond donors (Lipinski definition) is 1. The number of likely N-dealkylation sites (N-methyl/N-ethyl adjacent to an activating group) is 2. The summed E-state index contributed by atoms with van der Waals surface area (Å²) in [6.45, 7) is -0.744. The third-order valence-electron chi connectivity index (χ3n) is 6.60. The number of carbonyl (C=O) groups is 2. The van der Waals surface area contributed by atoms with Crippen LogP contribution in [0.5, 0.6) is 0 Å². The predicted octanol–water partition coefficient (Wildman–Crippen LogP) is 3.99. The highest BCUT2D eigenvalue weighted by atomic mass is 32.2. The fourth-order valence-corrected chi connectivity index (χ4v) is 5.56. The number of sulfonamides is 1. The Bertz CT molecular complexity index is 1580. The van der Waals surface area contributed by atoms with Gasteiger partial charge in [-0.25, -0.2) is 12.8 Å². The first kappa shape index (κ1) is 27.9. The van der Waals surface area contributed by atoms with Gasteiger partial charge in [-0.3, -0.25) is 9.59 Å². The van der Waals surface area contributed by atoms with Crippen LogP contribution in [0.4, 0.5) is 4.39 Å². The van der Waals surface area contributed by atoms with E-state index < -0.39 is 40.2 Å². The number of carbonyl (C=O) groups excluding carboxylic acids is 2. The normalized spacial score (nSPS) is 12.3. The molecule has 0 aliphatic carbocycles. The third kappa shape index (κ3) is 6.50. The fraction of sp³-hybridized carbons (Fsp3) is 0.200. The second-order valence-electron chi connectivity index (χ2n) is 9.20. The van der Waals surface area contributed by atoms with Crippen LogP contribution in [0, 0.1) is 5.82 Å². The number of halogens is 1. The second-order valence-corrected chi connectivity index (χ2v) is 11.2. The van der Waals surface area contributed by atoms with Crippen LogP contribution in [-0.4, -0.2) is 56.1 Å². The zero-order valence-electron chi connectivity index (χ0n) is 21.7. The maximum Gasteiger partial charge on any atom is 0.243 e. The summed E-state index contributed by atoms with van der Waals surface area (Å²) in [5.74, 6) is -1.60. The number of nitrogens with zero attached hydrogens (tertiary/aromatic N) is 2. The molecule has 0 aromatic heterocycles. The molecule has 0 saturated carbocycles. The lowest BCUT2D eigenvalue weighted by Gasteiger charge is -2.32. The number of benzene rings is 4. The Balaban J connectivity index is 1.66. The minimum Gasteiger partial charge on any atom is -0.357 e. The van der Waals surface area contributed by atoms with Gasteiger partial charge in [0.05, 0.1) is 11.4 Å². The standard InChI is InChI=1S/C30H30FN3O4S/c1-32-30(36)28(18-22-10-4-3-5-11-22)34(20-25-14-8-9-15-27(25)31)29(35)21-33(2)39(37,38)26-17-16-23-12-6-7-13-24(23)19-26/h3-17,19,28H,18,20-21H2,1-2H3,(H,32,36)/t28-/m1/s1. The fourth-order valence-electron chi connectivity index (χ4n) is 4.40. The maximum atomic E-state index is 14.6. The van der Waals surface area contributed by atoms with Crippen molar-refractivity contribution in [3.05, 3.63) is 114 Å². The van der Waals surface area contributed by atoms with Crippen LogP contribution >= 0.6 is 0 Å². The Morgan fingerprint density at radius 2 is 1.51 bits per heavy atom. The summed E-state index contributed by atoms with van der Waals surface area (Å²) < 4.78 is 42.4. The summed E-state index contributed by atoms with van der Waals surface area (Å²) in [4.78, 5) is 28.1. The Morgan fingerprint density at radius 3 is 2.21 bits per heavy atom. The molecule has 4 aromatic carbocycles. The van der Waals surface area contributed by atoms with Gasteiger partial charge in [-0.15, -0.1) is 0 Å². The molecule has 4 aromatic rings. The molecule has 9 heteroatoms. The third-order valence-corrected chi connectivity index (χ3v) is 8.40. The molecular weight excluding hydrogens is 517 g/mol. The van der Waals surface area contributed by atoms with Crippen molar-refractivity contribution >= 4 is 32.6 Å². The minimum absolute atomic E-state index is 0.0456. The number of fused-ring (bicyclic) bond motifs is 1. The van der Waals surface area contributed by atoms with E-state index in [0.29, 0.717) is 0 Å². The van der Waals surface area contributed by atoms with E-state index in [-0.39, 0.29) is 23.4 Å². The summed E-state index contributed by atoms with van der Waals surface area (Å²) in [7, 11) is -1.26. The zero-order chi connectivity index (χ0) is 28.0. The Kier molecular flexibility index (Phi) is 8.73. The number of amides is 2. The predicted molar refractivity (Wildman–Crippen MR) is 149 cm³/mol. The first-order valence-corrected chi connectivity index (χ1v) is 13.9. The molecule has 0 unspecified atom stereocenters. The Hall–Kier alpha value is -4.08. The van der Waals surface area contributed by atoms with Crippen LogP contribution in [0.25, 0.3) is 10.8 Å². The van der Waals surface area contributed by atoms with Crippen molar-refractivity contribution in [2.45, 2.75) is 23.9 Å². The van der Waals surface area contributed by atoms with Crippen molar-refractivity contribution in [2.75, 3.05) is 20.6 Å². The van der Waals surface area contributed by atoms with Crippen LogP contribution in [0.3, 0.4) is 0 Å². The van der Waals surface area contributed by atoms with Crippen LogP contribution in [-0.2, 0) is 32.6 Å². The van der Waals surface area contributed by atoms with Gasteiger partial charge in [0.25, 0.3) is 0 Å². The van der Waals surface area contributed by atoms with Crippen molar-refractivity contribution in [2.24, 2.45) is 0 Å². The molecule has 1 N–H and O–H groups in total. The van der Waals surface area contributed by atoms with E-state index >= 15 is 0 Å². The minimum atomic E-state index is -4.04. The Labute approximate surface area is 227 Å². The molecule has 7 nitrogen and oxygen atoms in total. The first-order chi connectivity index (χ1) is 18.7. The molecule has 0 spiro atoms. The van der Waals surface area contributed by atoms with E-state index in [9.17, 15) is 22.4 Å². The average Bonchev–Trinajstić information content (AvgIpc) is 2.95. The molecule has 0 heterocycles. The molecule has 0 fully saturated rings. The van der Waals surface area contributed by atoms with Crippen LogP contribution in [0.2, 0.25) is 0 Å². The molecule has 0 bridgehead atoms. The molecule has 2 amide bonds. The lowest BCUT2D eigenvalue weighted by Crippen LogP contribution is -2.52. The summed E-state index contributed by atoms with van der Waals surface area (Å²) >= 11 is 0. The molecule has 0 aliphatic heterocycles. The van der Waals surface area contributed by atoms with Crippen molar-refractivity contribution < 1.29 is 22.4 Å². The van der Waals surface area contributed by atoms with Gasteiger partial charge in [-0.1, -0.05) is 78.9 Å². The quantitative estimate of drug-likeness (QED) is 0.325. The number of rotatable bonds is 10. The first-order valence-electron chi connectivity index (χ1n) is 12.4. The highest BCUT2D eigenvalue weighted by molar-refractivity contribution is 7.89. The van der Waals surface area contributed by atoms with E-state index in [2.05, 4.69) is 5.32 Å². The summed E-state index contributed by atoms with van der Waals surface area (Å²) in [6.07, 6.45) is 0.168. The van der Waals surface area contributed by atoms with Gasteiger partial charge in [0, 0.05) is 32.6 Å². The van der Waals surface area contributed by atoms with Crippen molar-refractivity contribution in [1.29, 1.82) is 0 Å². The van der Waals surface area contributed by atoms with Crippen molar-refractivity contribution in [1.82, 2.24) is 14.5 Å². The summed E-state index contributed by atoms with van der Waals surface area (Å²) in [5.41, 5.74) is 1.02. The van der Waals surface area contributed by atoms with E-state index in [0.717, 1.165) is 20.6 Å². The van der Waals surface area contributed by atoms with E-state index in [1.54, 1.807) is 18.2 Å². The van der Waals surface area contributed by atoms with Gasteiger partial charge in [0.1, 0.15) is 11.9 Å². The second kappa shape index (κ2) is 12.2. The van der Waals surface area contributed by atoms with E-state index in [1.807, 2.05) is 54.6 Å². The molecule has 39 heavy (non-hydrogen) atoms. The highest BCUT2D eigenvalue weighted by Gasteiger charge is 2.33. The maximum absolute atomic E-state index is 14.6. The molecule has 202 valence electrons. The highest BCUT2D eigenvalue weighted by Crippen LogP contribution is 2.22. The van der Waals surface area contributed by atoms with Gasteiger partial charge in [-0.2, -0.15) is 4.31 Å². The summed E-state index contributed by atoms with van der Waals surface area (Å²) in [6, 6.07) is 26.3. The summed E-state index contributed by atoms with van der Waals surface area (Å²) in [5, 5.41) is 4.23. The van der Waals surface area contributed by atoms with Gasteiger partial charge < -0.3 is 10.2 Å². The van der Waals surface area contributed by atoms with Gasteiger partial charge >= 0.3 is 0 Å². The van der Waals surface area contributed by atoms with E-state index in [4.69, 9.17) is 0 Å². The topological polar surface area (TPSA) is 86.8 Å². The average molecular weight is 548 g/mol. The number of nitrogens with one attached hydrogen (secondary N) is 1. The monoisotopic (exact) mass is 547 g/mol. The number of hydrogen-bond acceptors (Lipinski definition) is 4. The van der Waals surface area contributed by atoms with Crippen LogP contribution in [0.15, 0.2) is 102 Å². The largest absolute Gasteiger partial charge is 0.357 e. The molecular formula is C30H30FN3O4S. The zero-order valence-corrected chi connectivity index (χ0v) is 22.6. The Morgan fingerprint density at radius 1 is 0.872 bits per heavy atom. The smallest absolute Gasteiger partial charge is 0.243 e. The van der Waals surface area contributed by atoms with E-state index in [1.165, 1.54) is 43.3 Å². The van der Waals surface area contributed by atoms with Gasteiger partial charge in [0.15, 0.2) is 0 Å². The van der Waals surface area contributed by atoms with Crippen LogP contribution in [0.1, 0.15) is 11.1 Å². The lowest BCUT2D eigenvalue weighted by atomic mass is 10.0. The van der Waals surface area contributed by atoms with Crippen LogP contribution < -0.4 is 5.32 Å². The van der Waals surface area contributed by atoms with Crippen molar-refractivity contribution in [3.8, 4) is 0 Å². The van der Waals surface area contributed by atoms with Gasteiger partial charge in [-0.05, 0) is 34.5 Å². The van der Waals surface area contributed by atoms with Gasteiger partial charge in [0.2, 0.25) is 21.8 Å². The van der Waals surface area contributed by atoms with Crippen molar-refractivity contribution in [3.63, 3.8) is 0 Å². The SMILES string of the molecule is CNC(=O)[C@@H](Cc1ccccc1)N(Cc1ccccc1F)C(=O)CN(C)S(=O)(=O)c1ccc2ccccc2c1. The molecule has 1 atom stereocenters. The molecule has 0 saturated heterocycles. The molecule has 0 radical (unpaired) electrons. The molecule has 4 rings (SSSR count). The lowest BCUT2D eigenvalue weighted by molar-refractivity contribution is -0.141.